The van der Waals surface area contributed by atoms with Gasteiger partial charge in [-0.15, -0.1) is 0 Å². The summed E-state index contributed by atoms with van der Waals surface area (Å²) in [5.41, 5.74) is 1.44. The maximum absolute atomic E-state index is 13.0. The lowest BCUT2D eigenvalue weighted by Crippen LogP contribution is -2.36. The van der Waals surface area contributed by atoms with Gasteiger partial charge in [0.2, 0.25) is 0 Å². The van der Waals surface area contributed by atoms with Gasteiger partial charge >= 0.3 is 0 Å². The first kappa shape index (κ1) is 19.6. The van der Waals surface area contributed by atoms with E-state index < -0.39 is 9.84 Å². The largest absolute Gasteiger partial charge is 0.338 e. The van der Waals surface area contributed by atoms with Crippen LogP contribution in [0.25, 0.3) is 10.8 Å². The Hall–Kier alpha value is -2.66. The number of sulfone groups is 1. The van der Waals surface area contributed by atoms with Crippen molar-refractivity contribution in [3.05, 3.63) is 83.9 Å². The molecule has 1 aliphatic heterocycles. The summed E-state index contributed by atoms with van der Waals surface area (Å²) in [5, 5.41) is 2.29. The molecule has 0 spiro atoms. The van der Waals surface area contributed by atoms with Gasteiger partial charge in [-0.2, -0.15) is 0 Å². The van der Waals surface area contributed by atoms with Crippen LogP contribution in [0.1, 0.15) is 28.8 Å². The van der Waals surface area contributed by atoms with Crippen molar-refractivity contribution in [1.29, 1.82) is 0 Å². The Labute approximate surface area is 172 Å². The van der Waals surface area contributed by atoms with Gasteiger partial charge in [0.25, 0.3) is 5.91 Å². The van der Waals surface area contributed by atoms with Crippen LogP contribution < -0.4 is 0 Å². The molecule has 0 N–H and O–H groups in total. The Balaban J connectivity index is 1.69. The van der Waals surface area contributed by atoms with E-state index in [9.17, 15) is 13.2 Å². The van der Waals surface area contributed by atoms with Gasteiger partial charge in [0.1, 0.15) is 9.84 Å². The maximum Gasteiger partial charge on any atom is 0.253 e. The molecule has 1 unspecified atom stereocenters. The minimum Gasteiger partial charge on any atom is -0.338 e. The van der Waals surface area contributed by atoms with Crippen molar-refractivity contribution >= 4 is 26.5 Å². The Bertz CT molecular complexity index is 1140. The molecule has 0 aliphatic carbocycles. The molecule has 1 aliphatic rings. The van der Waals surface area contributed by atoms with E-state index >= 15 is 0 Å². The fraction of sp³-hybridized carbons (Fsp3) is 0.292. The topological polar surface area (TPSA) is 54.5 Å². The lowest BCUT2D eigenvalue weighted by molar-refractivity contribution is 0.0783. The minimum atomic E-state index is -3.09. The minimum absolute atomic E-state index is 0.00706. The molecule has 0 bridgehead atoms. The molecule has 0 saturated carbocycles. The number of nitrogens with zero attached hydrogens (tertiary/aromatic N) is 1. The average Bonchev–Trinajstić information content (AvgIpc) is 3.17. The number of fused-ring (bicyclic) bond motifs is 1. The van der Waals surface area contributed by atoms with E-state index in [4.69, 9.17) is 0 Å². The Morgan fingerprint density at radius 3 is 2.38 bits per heavy atom. The third-order valence-electron chi connectivity index (χ3n) is 5.97. The lowest BCUT2D eigenvalue weighted by atomic mass is 9.77. The molecule has 0 aromatic heterocycles. The summed E-state index contributed by atoms with van der Waals surface area (Å²) in [6, 6.07) is 23.8. The zero-order chi connectivity index (χ0) is 20.5. The van der Waals surface area contributed by atoms with E-state index in [1.54, 1.807) is 0 Å². The molecular weight excluding hydrogens is 382 g/mol. The molecule has 4 rings (SSSR count). The summed E-state index contributed by atoms with van der Waals surface area (Å²) in [6.07, 6.45) is 2.56. The van der Waals surface area contributed by atoms with Gasteiger partial charge in [0.15, 0.2) is 0 Å². The maximum atomic E-state index is 13.0. The SMILES string of the molecule is CS(=O)(=O)CCC1(c2ccc3ccccc3c2)CCN(C(=O)c2ccccc2)C1. The molecule has 0 radical (unpaired) electrons. The summed E-state index contributed by atoms with van der Waals surface area (Å²) in [5.74, 6) is 0.125. The summed E-state index contributed by atoms with van der Waals surface area (Å²) in [6.45, 7) is 1.17. The van der Waals surface area contributed by atoms with Crippen molar-refractivity contribution in [2.45, 2.75) is 18.3 Å². The number of likely N-dealkylation sites (tertiary alicyclic amines) is 1. The second-order valence-corrected chi connectivity index (χ2v) is 10.3. The number of hydrogen-bond acceptors (Lipinski definition) is 3. The fourth-order valence-corrected chi connectivity index (χ4v) is 5.05. The Morgan fingerprint density at radius 1 is 0.966 bits per heavy atom. The van der Waals surface area contributed by atoms with Crippen LogP contribution in [0.5, 0.6) is 0 Å². The van der Waals surface area contributed by atoms with Gasteiger partial charge in [-0.1, -0.05) is 60.7 Å². The lowest BCUT2D eigenvalue weighted by Gasteiger charge is -2.30. The molecule has 1 fully saturated rings. The standard InChI is InChI=1S/C24H25NO3S/c1-29(27,28)16-14-24(22-12-11-19-7-5-6-10-21(19)17-22)13-15-25(18-24)23(26)20-8-3-2-4-9-20/h2-12,17H,13-16,18H2,1H3. The summed E-state index contributed by atoms with van der Waals surface area (Å²) >= 11 is 0. The summed E-state index contributed by atoms with van der Waals surface area (Å²) < 4.78 is 23.9. The third-order valence-corrected chi connectivity index (χ3v) is 6.92. The summed E-state index contributed by atoms with van der Waals surface area (Å²) in [4.78, 5) is 14.9. The van der Waals surface area contributed by atoms with Crippen LogP contribution in [-0.2, 0) is 15.3 Å². The van der Waals surface area contributed by atoms with Crippen LogP contribution in [0.15, 0.2) is 72.8 Å². The van der Waals surface area contributed by atoms with E-state index in [-0.39, 0.29) is 17.1 Å². The molecular formula is C24H25NO3S. The first-order valence-corrected chi connectivity index (χ1v) is 11.9. The molecule has 1 heterocycles. The quantitative estimate of drug-likeness (QED) is 0.641. The number of rotatable bonds is 5. The van der Waals surface area contributed by atoms with Crippen LogP contribution in [0, 0.1) is 0 Å². The van der Waals surface area contributed by atoms with Crippen molar-refractivity contribution in [2.24, 2.45) is 0 Å². The predicted molar refractivity (Wildman–Crippen MR) is 117 cm³/mol. The van der Waals surface area contributed by atoms with Crippen LogP contribution in [0.2, 0.25) is 0 Å². The summed E-state index contributed by atoms with van der Waals surface area (Å²) in [7, 11) is -3.09. The van der Waals surface area contributed by atoms with E-state index in [1.807, 2.05) is 47.4 Å². The monoisotopic (exact) mass is 407 g/mol. The number of hydrogen-bond donors (Lipinski definition) is 0. The molecule has 3 aromatic carbocycles. The molecule has 4 nitrogen and oxygen atoms in total. The van der Waals surface area contributed by atoms with E-state index in [2.05, 4.69) is 30.3 Å². The second kappa shape index (κ2) is 7.64. The van der Waals surface area contributed by atoms with Gasteiger partial charge in [0, 0.05) is 30.3 Å². The number of carbonyl (C=O) groups is 1. The van der Waals surface area contributed by atoms with E-state index in [0.717, 1.165) is 22.8 Å². The number of benzene rings is 3. The fourth-order valence-electron chi connectivity index (χ4n) is 4.29. The number of carbonyl (C=O) groups excluding carboxylic acids is 1. The van der Waals surface area contributed by atoms with Crippen LogP contribution >= 0.6 is 0 Å². The van der Waals surface area contributed by atoms with Gasteiger partial charge in [-0.3, -0.25) is 4.79 Å². The van der Waals surface area contributed by atoms with Crippen molar-refractivity contribution < 1.29 is 13.2 Å². The van der Waals surface area contributed by atoms with Gasteiger partial charge in [0.05, 0.1) is 5.75 Å². The van der Waals surface area contributed by atoms with Crippen molar-refractivity contribution in [3.63, 3.8) is 0 Å². The smallest absolute Gasteiger partial charge is 0.253 e. The van der Waals surface area contributed by atoms with Crippen molar-refractivity contribution in [2.75, 3.05) is 25.1 Å². The second-order valence-electron chi connectivity index (χ2n) is 8.06. The zero-order valence-electron chi connectivity index (χ0n) is 16.5. The van der Waals surface area contributed by atoms with Crippen molar-refractivity contribution in [1.82, 2.24) is 4.90 Å². The highest BCUT2D eigenvalue weighted by molar-refractivity contribution is 7.90. The van der Waals surface area contributed by atoms with E-state index in [1.165, 1.54) is 6.26 Å². The average molecular weight is 408 g/mol. The molecule has 29 heavy (non-hydrogen) atoms. The molecule has 3 aromatic rings. The van der Waals surface area contributed by atoms with Crippen LogP contribution in [0.3, 0.4) is 0 Å². The first-order chi connectivity index (χ1) is 13.9. The molecule has 5 heteroatoms. The van der Waals surface area contributed by atoms with Gasteiger partial charge in [-0.25, -0.2) is 8.42 Å². The highest BCUT2D eigenvalue weighted by Crippen LogP contribution is 2.39. The van der Waals surface area contributed by atoms with Crippen molar-refractivity contribution in [3.8, 4) is 0 Å². The molecule has 1 saturated heterocycles. The zero-order valence-corrected chi connectivity index (χ0v) is 17.4. The van der Waals surface area contributed by atoms with Gasteiger partial charge in [-0.05, 0) is 41.3 Å². The molecule has 1 amide bonds. The Kier molecular flexibility index (Phi) is 5.17. The normalized spacial score (nSPS) is 19.6. The van der Waals surface area contributed by atoms with E-state index in [0.29, 0.717) is 25.1 Å². The number of amides is 1. The highest BCUT2D eigenvalue weighted by atomic mass is 32.2. The third kappa shape index (κ3) is 4.20. The predicted octanol–water partition coefficient (Wildman–Crippen LogP) is 4.06. The molecule has 1 atom stereocenters. The highest BCUT2D eigenvalue weighted by Gasteiger charge is 2.41. The van der Waals surface area contributed by atoms with Crippen LogP contribution in [-0.4, -0.2) is 44.3 Å². The molecule has 150 valence electrons. The Morgan fingerprint density at radius 2 is 1.66 bits per heavy atom. The first-order valence-electron chi connectivity index (χ1n) is 9.88. The van der Waals surface area contributed by atoms with Gasteiger partial charge < -0.3 is 4.90 Å². The van der Waals surface area contributed by atoms with Crippen LogP contribution in [0.4, 0.5) is 0 Å².